The third-order valence-corrected chi connectivity index (χ3v) is 3.22. The molecule has 0 aliphatic rings. The van der Waals surface area contributed by atoms with E-state index in [2.05, 4.69) is 5.32 Å². The van der Waals surface area contributed by atoms with Crippen LogP contribution in [0.15, 0.2) is 36.4 Å². The maximum absolute atomic E-state index is 13.9. The molecule has 1 unspecified atom stereocenters. The second kappa shape index (κ2) is 6.10. The summed E-state index contributed by atoms with van der Waals surface area (Å²) in [5.74, 6) is -2.57. The molecule has 2 N–H and O–H groups in total. The molecule has 0 aromatic heterocycles. The number of rotatable bonds is 4. The van der Waals surface area contributed by atoms with E-state index in [0.29, 0.717) is 5.56 Å². The van der Waals surface area contributed by atoms with Crippen molar-refractivity contribution in [3.63, 3.8) is 0 Å². The Morgan fingerprint density at radius 2 is 2.00 bits per heavy atom. The Balaban J connectivity index is 2.43. The van der Waals surface area contributed by atoms with Gasteiger partial charge in [0.05, 0.1) is 0 Å². The summed E-state index contributed by atoms with van der Waals surface area (Å²) in [4.78, 5) is 11.4. The quantitative estimate of drug-likeness (QED) is 0.891. The third-order valence-electron chi connectivity index (χ3n) is 2.89. The Hall–Kier alpha value is -2.14. The van der Waals surface area contributed by atoms with Crippen LogP contribution in [0.2, 0.25) is 5.02 Å². The third kappa shape index (κ3) is 3.49. The predicted octanol–water partition coefficient (Wildman–Crippen LogP) is 4.16. The van der Waals surface area contributed by atoms with E-state index in [9.17, 15) is 18.7 Å². The van der Waals surface area contributed by atoms with E-state index in [1.807, 2.05) is 0 Å². The summed E-state index contributed by atoms with van der Waals surface area (Å²) in [6.45, 7) is 1.67. The highest BCUT2D eigenvalue weighted by molar-refractivity contribution is 6.31. The van der Waals surface area contributed by atoms with Gasteiger partial charge in [-0.15, -0.1) is 0 Å². The average molecular weight is 312 g/mol. The number of carboxylic acids is 1. The lowest BCUT2D eigenvalue weighted by atomic mass is 10.1. The first-order chi connectivity index (χ1) is 9.88. The molecule has 0 aliphatic carbocycles. The molecule has 21 heavy (non-hydrogen) atoms. The standard InChI is InChI=1S/C15H12ClF2NO2/c1-8-5-9(17)7-10(6-8)19-14(15(20)21)13-11(16)3-2-4-12(13)18/h2-7,14,19H,1H3,(H,20,21). The molecule has 2 aromatic carbocycles. The van der Waals surface area contributed by atoms with E-state index in [0.717, 1.165) is 12.1 Å². The van der Waals surface area contributed by atoms with E-state index in [-0.39, 0.29) is 16.3 Å². The van der Waals surface area contributed by atoms with Crippen LogP contribution in [0.5, 0.6) is 0 Å². The highest BCUT2D eigenvalue weighted by Gasteiger charge is 2.25. The molecule has 2 aromatic rings. The van der Waals surface area contributed by atoms with Crippen molar-refractivity contribution in [2.75, 3.05) is 5.32 Å². The number of anilines is 1. The summed E-state index contributed by atoms with van der Waals surface area (Å²) in [7, 11) is 0. The zero-order valence-corrected chi connectivity index (χ0v) is 11.8. The van der Waals surface area contributed by atoms with Crippen LogP contribution in [-0.4, -0.2) is 11.1 Å². The molecular formula is C15H12ClF2NO2. The first-order valence-electron chi connectivity index (χ1n) is 6.09. The van der Waals surface area contributed by atoms with Crippen LogP contribution in [0.4, 0.5) is 14.5 Å². The molecule has 3 nitrogen and oxygen atoms in total. The van der Waals surface area contributed by atoms with Crippen LogP contribution in [-0.2, 0) is 4.79 Å². The molecule has 0 amide bonds. The van der Waals surface area contributed by atoms with Gasteiger partial charge in [-0.25, -0.2) is 13.6 Å². The second-order valence-corrected chi connectivity index (χ2v) is 4.98. The lowest BCUT2D eigenvalue weighted by molar-refractivity contribution is -0.138. The van der Waals surface area contributed by atoms with Gasteiger partial charge in [0, 0.05) is 16.3 Å². The van der Waals surface area contributed by atoms with Gasteiger partial charge in [-0.2, -0.15) is 0 Å². The number of carboxylic acid groups (broad SMARTS) is 1. The van der Waals surface area contributed by atoms with Crippen molar-refractivity contribution in [1.29, 1.82) is 0 Å². The van der Waals surface area contributed by atoms with Crippen LogP contribution in [0.3, 0.4) is 0 Å². The number of hydrogen-bond donors (Lipinski definition) is 2. The molecule has 0 radical (unpaired) electrons. The minimum absolute atomic E-state index is 0.0111. The highest BCUT2D eigenvalue weighted by atomic mass is 35.5. The maximum Gasteiger partial charge on any atom is 0.330 e. The van der Waals surface area contributed by atoms with Crippen molar-refractivity contribution >= 4 is 23.3 Å². The molecule has 6 heteroatoms. The van der Waals surface area contributed by atoms with Gasteiger partial charge >= 0.3 is 5.97 Å². The van der Waals surface area contributed by atoms with Crippen LogP contribution in [0.1, 0.15) is 17.2 Å². The number of aliphatic carboxylic acids is 1. The van der Waals surface area contributed by atoms with Crippen molar-refractivity contribution in [1.82, 2.24) is 0 Å². The Morgan fingerprint density at radius 1 is 1.29 bits per heavy atom. The summed E-state index contributed by atoms with van der Waals surface area (Å²) in [6.07, 6.45) is 0. The normalized spacial score (nSPS) is 12.0. The smallest absolute Gasteiger partial charge is 0.330 e. The fourth-order valence-corrected chi connectivity index (χ4v) is 2.30. The van der Waals surface area contributed by atoms with Gasteiger partial charge in [-0.05, 0) is 42.8 Å². The number of carbonyl (C=O) groups is 1. The van der Waals surface area contributed by atoms with Crippen LogP contribution >= 0.6 is 11.6 Å². The average Bonchev–Trinajstić information content (AvgIpc) is 2.35. The van der Waals surface area contributed by atoms with Gasteiger partial charge in [-0.1, -0.05) is 17.7 Å². The number of halogens is 3. The van der Waals surface area contributed by atoms with Crippen molar-refractivity contribution in [2.45, 2.75) is 13.0 Å². The van der Waals surface area contributed by atoms with Crippen molar-refractivity contribution < 1.29 is 18.7 Å². The zero-order chi connectivity index (χ0) is 15.6. The van der Waals surface area contributed by atoms with Gasteiger partial charge in [0.1, 0.15) is 11.6 Å². The monoisotopic (exact) mass is 311 g/mol. The van der Waals surface area contributed by atoms with E-state index >= 15 is 0 Å². The van der Waals surface area contributed by atoms with Crippen molar-refractivity contribution in [3.8, 4) is 0 Å². The molecule has 1 atom stereocenters. The number of benzene rings is 2. The molecular weight excluding hydrogens is 300 g/mol. The van der Waals surface area contributed by atoms with Crippen molar-refractivity contribution in [2.24, 2.45) is 0 Å². The second-order valence-electron chi connectivity index (χ2n) is 4.57. The fourth-order valence-electron chi connectivity index (χ4n) is 2.03. The van der Waals surface area contributed by atoms with E-state index in [4.69, 9.17) is 11.6 Å². The number of aryl methyl sites for hydroxylation is 1. The predicted molar refractivity (Wildman–Crippen MR) is 76.5 cm³/mol. The minimum atomic E-state index is -1.42. The van der Waals surface area contributed by atoms with Crippen LogP contribution in [0.25, 0.3) is 0 Å². The van der Waals surface area contributed by atoms with Gasteiger partial charge in [0.15, 0.2) is 6.04 Å². The highest BCUT2D eigenvalue weighted by Crippen LogP contribution is 2.29. The van der Waals surface area contributed by atoms with Gasteiger partial charge in [0.2, 0.25) is 0 Å². The lowest BCUT2D eigenvalue weighted by Crippen LogP contribution is -2.22. The van der Waals surface area contributed by atoms with E-state index < -0.39 is 23.6 Å². The molecule has 2 rings (SSSR count). The van der Waals surface area contributed by atoms with Crippen molar-refractivity contribution in [3.05, 3.63) is 64.2 Å². The molecule has 0 heterocycles. The Morgan fingerprint density at radius 3 is 2.57 bits per heavy atom. The van der Waals surface area contributed by atoms with Crippen LogP contribution < -0.4 is 5.32 Å². The van der Waals surface area contributed by atoms with Crippen LogP contribution in [0, 0.1) is 18.6 Å². The first kappa shape index (κ1) is 15.3. The summed E-state index contributed by atoms with van der Waals surface area (Å²) in [5, 5.41) is 11.9. The van der Waals surface area contributed by atoms with Gasteiger partial charge < -0.3 is 10.4 Å². The molecule has 0 fully saturated rings. The minimum Gasteiger partial charge on any atom is -0.479 e. The largest absolute Gasteiger partial charge is 0.479 e. The lowest BCUT2D eigenvalue weighted by Gasteiger charge is -2.18. The van der Waals surface area contributed by atoms with Gasteiger partial charge in [-0.3, -0.25) is 0 Å². The summed E-state index contributed by atoms with van der Waals surface area (Å²) in [5.41, 5.74) is 0.661. The maximum atomic E-state index is 13.9. The number of nitrogens with one attached hydrogen (secondary N) is 1. The molecule has 0 aliphatic heterocycles. The Labute approximate surface area is 125 Å². The molecule has 0 saturated carbocycles. The molecule has 0 spiro atoms. The SMILES string of the molecule is Cc1cc(F)cc(NC(C(=O)O)c2c(F)cccc2Cl)c1. The number of hydrogen-bond acceptors (Lipinski definition) is 2. The summed E-state index contributed by atoms with van der Waals surface area (Å²) >= 11 is 5.88. The Kier molecular flexibility index (Phi) is 4.43. The van der Waals surface area contributed by atoms with Gasteiger partial charge in [0.25, 0.3) is 0 Å². The topological polar surface area (TPSA) is 49.3 Å². The summed E-state index contributed by atoms with van der Waals surface area (Å²) in [6, 6.07) is 6.49. The molecule has 110 valence electrons. The first-order valence-corrected chi connectivity index (χ1v) is 6.46. The van der Waals surface area contributed by atoms with E-state index in [1.165, 1.54) is 18.2 Å². The Bertz CT molecular complexity index is 651. The fraction of sp³-hybridized carbons (Fsp3) is 0.133. The molecule has 0 bridgehead atoms. The summed E-state index contributed by atoms with van der Waals surface area (Å²) < 4.78 is 27.2. The van der Waals surface area contributed by atoms with E-state index in [1.54, 1.807) is 13.0 Å². The zero-order valence-electron chi connectivity index (χ0n) is 11.0. The molecule has 0 saturated heterocycles.